The average molecular weight is 379 g/mol. The number of nitrogens with one attached hydrogen (secondary N) is 1. The van der Waals surface area contributed by atoms with Crippen molar-refractivity contribution in [2.45, 2.75) is 25.4 Å². The number of amides is 1. The van der Waals surface area contributed by atoms with E-state index in [1.54, 1.807) is 0 Å². The topological polar surface area (TPSA) is 84.2 Å². The van der Waals surface area contributed by atoms with Crippen LogP contribution in [-0.4, -0.2) is 26.8 Å². The van der Waals surface area contributed by atoms with Gasteiger partial charge in [0, 0.05) is 11.6 Å². The molecule has 2 aliphatic rings. The van der Waals surface area contributed by atoms with E-state index in [1.807, 2.05) is 0 Å². The zero-order chi connectivity index (χ0) is 19.3. The molecule has 1 amide bonds. The van der Waals surface area contributed by atoms with Crippen LogP contribution in [0.25, 0.3) is 5.69 Å². The smallest absolute Gasteiger partial charge is 0.434 e. The van der Waals surface area contributed by atoms with Crippen LogP contribution in [0, 0.1) is 17.8 Å². The molecule has 27 heavy (non-hydrogen) atoms. The van der Waals surface area contributed by atoms with Crippen LogP contribution >= 0.6 is 0 Å². The molecule has 4 rings (SSSR count). The molecule has 1 aromatic carbocycles. The summed E-state index contributed by atoms with van der Waals surface area (Å²) >= 11 is 0. The third-order valence-electron chi connectivity index (χ3n) is 5.36. The number of hydrogen-bond acceptors (Lipinski definition) is 3. The summed E-state index contributed by atoms with van der Waals surface area (Å²) < 4.78 is 40.3. The number of benzene rings is 1. The van der Waals surface area contributed by atoms with Crippen molar-refractivity contribution in [2.24, 2.45) is 17.8 Å². The van der Waals surface area contributed by atoms with E-state index >= 15 is 0 Å². The van der Waals surface area contributed by atoms with Gasteiger partial charge in [-0.25, -0.2) is 9.48 Å². The Balaban J connectivity index is 1.54. The number of aromatic carboxylic acids is 1. The SMILES string of the molecule is O=C(O)c1cnn(-c2ccc(NC(=O)C3C4CCCC43)cc2)c1C(F)(F)F. The molecule has 9 heteroatoms. The van der Waals surface area contributed by atoms with Crippen molar-refractivity contribution in [2.75, 3.05) is 5.32 Å². The number of carboxylic acids is 1. The van der Waals surface area contributed by atoms with E-state index in [9.17, 15) is 22.8 Å². The van der Waals surface area contributed by atoms with Gasteiger partial charge in [0.2, 0.25) is 5.91 Å². The van der Waals surface area contributed by atoms with Gasteiger partial charge in [0.15, 0.2) is 5.69 Å². The van der Waals surface area contributed by atoms with E-state index in [1.165, 1.54) is 24.3 Å². The number of hydrogen-bond donors (Lipinski definition) is 2. The van der Waals surface area contributed by atoms with Crippen molar-refractivity contribution < 1.29 is 27.9 Å². The maximum Gasteiger partial charge on any atom is 0.434 e. The Hall–Kier alpha value is -2.84. The summed E-state index contributed by atoms with van der Waals surface area (Å²) in [6.07, 6.45) is -0.884. The molecular weight excluding hydrogens is 363 g/mol. The highest BCUT2D eigenvalue weighted by Crippen LogP contribution is 2.57. The molecule has 2 saturated carbocycles. The molecule has 0 bridgehead atoms. The second kappa shape index (κ2) is 6.11. The molecule has 6 nitrogen and oxygen atoms in total. The van der Waals surface area contributed by atoms with Gasteiger partial charge in [-0.1, -0.05) is 6.42 Å². The second-order valence-corrected chi connectivity index (χ2v) is 6.94. The number of fused-ring (bicyclic) bond motifs is 1. The molecule has 0 radical (unpaired) electrons. The Morgan fingerprint density at radius 3 is 2.33 bits per heavy atom. The van der Waals surface area contributed by atoms with Crippen LogP contribution in [-0.2, 0) is 11.0 Å². The summed E-state index contributed by atoms with van der Waals surface area (Å²) in [6, 6.07) is 5.68. The van der Waals surface area contributed by atoms with Crippen LogP contribution in [0.15, 0.2) is 30.5 Å². The lowest BCUT2D eigenvalue weighted by Crippen LogP contribution is -2.18. The van der Waals surface area contributed by atoms with Crippen LogP contribution in [0.3, 0.4) is 0 Å². The second-order valence-electron chi connectivity index (χ2n) is 6.94. The first-order chi connectivity index (χ1) is 12.8. The van der Waals surface area contributed by atoms with Crippen LogP contribution in [0.5, 0.6) is 0 Å². The maximum atomic E-state index is 13.3. The van der Waals surface area contributed by atoms with Crippen LogP contribution < -0.4 is 5.32 Å². The maximum absolute atomic E-state index is 13.3. The number of carbonyl (C=O) groups is 2. The Morgan fingerprint density at radius 1 is 1.15 bits per heavy atom. The van der Waals surface area contributed by atoms with E-state index < -0.39 is 23.4 Å². The van der Waals surface area contributed by atoms with E-state index in [0.29, 0.717) is 28.4 Å². The van der Waals surface area contributed by atoms with Gasteiger partial charge in [0.25, 0.3) is 0 Å². The monoisotopic (exact) mass is 379 g/mol. The summed E-state index contributed by atoms with van der Waals surface area (Å²) in [5, 5.41) is 15.3. The van der Waals surface area contributed by atoms with Gasteiger partial charge < -0.3 is 10.4 Å². The van der Waals surface area contributed by atoms with Crippen molar-refractivity contribution >= 4 is 17.6 Å². The van der Waals surface area contributed by atoms with E-state index in [4.69, 9.17) is 5.11 Å². The molecule has 142 valence electrons. The summed E-state index contributed by atoms with van der Waals surface area (Å²) in [7, 11) is 0. The quantitative estimate of drug-likeness (QED) is 0.851. The summed E-state index contributed by atoms with van der Waals surface area (Å²) in [5.74, 6) is -0.776. The number of carbonyl (C=O) groups excluding carboxylic acids is 1. The number of carboxylic acid groups (broad SMARTS) is 1. The Kier molecular flexibility index (Phi) is 3.97. The number of anilines is 1. The fourth-order valence-corrected chi connectivity index (χ4v) is 4.10. The van der Waals surface area contributed by atoms with Crippen molar-refractivity contribution in [1.29, 1.82) is 0 Å². The molecule has 2 aliphatic carbocycles. The first kappa shape index (κ1) is 17.6. The normalized spacial score (nSPS) is 23.7. The highest BCUT2D eigenvalue weighted by molar-refractivity contribution is 5.95. The summed E-state index contributed by atoms with van der Waals surface area (Å²) in [4.78, 5) is 23.3. The summed E-state index contributed by atoms with van der Waals surface area (Å²) in [6.45, 7) is 0. The molecule has 1 aromatic heterocycles. The standard InChI is InChI=1S/C18H16F3N3O3/c19-18(20,21)15-13(17(26)27)8-22-24(15)10-6-4-9(5-7-10)23-16(25)14-11-2-1-3-12(11)14/h4-8,11-12,14H,1-3H2,(H,23,25)(H,26,27). The Labute approximate surface area is 152 Å². The third-order valence-corrected chi connectivity index (χ3v) is 5.36. The minimum absolute atomic E-state index is 0.0412. The number of halogens is 3. The van der Waals surface area contributed by atoms with Crippen molar-refractivity contribution in [3.63, 3.8) is 0 Å². The van der Waals surface area contributed by atoms with Gasteiger partial charge in [0.05, 0.1) is 11.9 Å². The van der Waals surface area contributed by atoms with Crippen LogP contribution in [0.4, 0.5) is 18.9 Å². The Bertz CT molecular complexity index is 895. The first-order valence-electron chi connectivity index (χ1n) is 8.57. The number of alkyl halides is 3. The van der Waals surface area contributed by atoms with Crippen molar-refractivity contribution in [1.82, 2.24) is 9.78 Å². The molecule has 2 N–H and O–H groups in total. The molecule has 0 aliphatic heterocycles. The lowest BCUT2D eigenvalue weighted by molar-refractivity contribution is -0.143. The summed E-state index contributed by atoms with van der Waals surface area (Å²) in [5.41, 5.74) is -1.73. The lowest BCUT2D eigenvalue weighted by Gasteiger charge is -2.12. The molecule has 2 fully saturated rings. The molecule has 0 spiro atoms. The van der Waals surface area contributed by atoms with Crippen LogP contribution in [0.2, 0.25) is 0 Å². The van der Waals surface area contributed by atoms with Crippen molar-refractivity contribution in [3.8, 4) is 5.69 Å². The van der Waals surface area contributed by atoms with Gasteiger partial charge in [0.1, 0.15) is 5.56 Å². The van der Waals surface area contributed by atoms with E-state index in [0.717, 1.165) is 19.3 Å². The van der Waals surface area contributed by atoms with Gasteiger partial charge in [-0.2, -0.15) is 18.3 Å². The molecule has 2 atom stereocenters. The predicted octanol–water partition coefficient (Wildman–Crippen LogP) is 3.57. The van der Waals surface area contributed by atoms with E-state index in [-0.39, 0.29) is 17.5 Å². The molecule has 1 heterocycles. The third kappa shape index (κ3) is 3.07. The highest BCUT2D eigenvalue weighted by atomic mass is 19.4. The fraction of sp³-hybridized carbons (Fsp3) is 0.389. The van der Waals surface area contributed by atoms with Crippen LogP contribution in [0.1, 0.15) is 35.3 Å². The van der Waals surface area contributed by atoms with Gasteiger partial charge in [-0.3, -0.25) is 4.79 Å². The molecule has 2 aromatic rings. The largest absolute Gasteiger partial charge is 0.478 e. The average Bonchev–Trinajstić information content (AvgIpc) is 2.98. The minimum Gasteiger partial charge on any atom is -0.478 e. The molecule has 0 saturated heterocycles. The van der Waals surface area contributed by atoms with Gasteiger partial charge in [-0.15, -0.1) is 0 Å². The lowest BCUT2D eigenvalue weighted by atomic mass is 10.1. The van der Waals surface area contributed by atoms with Gasteiger partial charge >= 0.3 is 12.1 Å². The number of nitrogens with zero attached hydrogens (tertiary/aromatic N) is 2. The number of aromatic nitrogens is 2. The molecule has 2 unspecified atom stereocenters. The minimum atomic E-state index is -4.87. The fourth-order valence-electron chi connectivity index (χ4n) is 4.10. The van der Waals surface area contributed by atoms with E-state index in [2.05, 4.69) is 10.4 Å². The first-order valence-corrected chi connectivity index (χ1v) is 8.57. The zero-order valence-corrected chi connectivity index (χ0v) is 14.0. The Morgan fingerprint density at radius 2 is 1.78 bits per heavy atom. The highest BCUT2D eigenvalue weighted by Gasteiger charge is 2.56. The predicted molar refractivity (Wildman–Crippen MR) is 88.5 cm³/mol. The zero-order valence-electron chi connectivity index (χ0n) is 14.0. The van der Waals surface area contributed by atoms with Crippen molar-refractivity contribution in [3.05, 3.63) is 41.7 Å². The molecular formula is C18H16F3N3O3. The van der Waals surface area contributed by atoms with Gasteiger partial charge in [-0.05, 0) is 48.9 Å². The number of rotatable bonds is 4.